The smallest absolute Gasteiger partial charge is 0.262 e. The van der Waals surface area contributed by atoms with E-state index in [0.29, 0.717) is 16.3 Å². The first-order valence-electron chi connectivity index (χ1n) is 6.92. The number of rotatable bonds is 4. The first kappa shape index (κ1) is 16.1. The van der Waals surface area contributed by atoms with E-state index < -0.39 is 0 Å². The van der Waals surface area contributed by atoms with Gasteiger partial charge in [-0.15, -0.1) is 11.3 Å². The maximum absolute atomic E-state index is 12.0. The summed E-state index contributed by atoms with van der Waals surface area (Å²) >= 11 is 1.41. The normalized spacial score (nSPS) is 10.1. The van der Waals surface area contributed by atoms with E-state index in [0.717, 1.165) is 21.6 Å². The molecular formula is C17H18N2O2S. The van der Waals surface area contributed by atoms with Gasteiger partial charge in [0.2, 0.25) is 0 Å². The van der Waals surface area contributed by atoms with E-state index in [1.165, 1.54) is 11.3 Å². The van der Waals surface area contributed by atoms with E-state index in [4.69, 9.17) is 10.00 Å². The van der Waals surface area contributed by atoms with Crippen LogP contribution in [-0.4, -0.2) is 12.5 Å². The Kier molecular flexibility index (Phi) is 4.84. The first-order valence-corrected chi connectivity index (χ1v) is 7.74. The van der Waals surface area contributed by atoms with Gasteiger partial charge in [0.25, 0.3) is 5.91 Å². The first-order chi connectivity index (χ1) is 10.4. The quantitative estimate of drug-likeness (QED) is 0.931. The summed E-state index contributed by atoms with van der Waals surface area (Å²) in [7, 11) is 0. The molecular weight excluding hydrogens is 296 g/mol. The van der Waals surface area contributed by atoms with Crippen molar-refractivity contribution in [2.24, 2.45) is 0 Å². The van der Waals surface area contributed by atoms with Gasteiger partial charge in [-0.3, -0.25) is 4.79 Å². The number of amides is 1. The number of aryl methyl sites for hydroxylation is 3. The average molecular weight is 314 g/mol. The molecule has 2 aromatic rings. The molecule has 0 atom stereocenters. The minimum absolute atomic E-state index is 0.0786. The summed E-state index contributed by atoms with van der Waals surface area (Å²) in [6, 6.07) is 7.94. The SMILES string of the molecule is Cc1ccc(OCC(=O)Nc2sc(C)c(C)c2C#N)c(C)c1. The zero-order chi connectivity index (χ0) is 16.3. The third-order valence-corrected chi connectivity index (χ3v) is 4.56. The molecule has 22 heavy (non-hydrogen) atoms. The van der Waals surface area contributed by atoms with Crippen molar-refractivity contribution in [3.05, 3.63) is 45.3 Å². The Balaban J connectivity index is 2.02. The molecule has 1 N–H and O–H groups in total. The van der Waals surface area contributed by atoms with Crippen LogP contribution < -0.4 is 10.1 Å². The number of hydrogen-bond acceptors (Lipinski definition) is 4. The molecule has 1 amide bonds. The minimum Gasteiger partial charge on any atom is -0.483 e. The monoisotopic (exact) mass is 314 g/mol. The van der Waals surface area contributed by atoms with Crippen molar-refractivity contribution < 1.29 is 9.53 Å². The van der Waals surface area contributed by atoms with Crippen LogP contribution in [0.2, 0.25) is 0 Å². The summed E-state index contributed by atoms with van der Waals surface area (Å²) < 4.78 is 5.55. The lowest BCUT2D eigenvalue weighted by Gasteiger charge is -2.09. The molecule has 1 aromatic carbocycles. The van der Waals surface area contributed by atoms with E-state index in [1.807, 2.05) is 45.9 Å². The third-order valence-electron chi connectivity index (χ3n) is 3.44. The Bertz CT molecular complexity index is 757. The molecule has 0 unspecified atom stereocenters. The van der Waals surface area contributed by atoms with Crippen molar-refractivity contribution >= 4 is 22.2 Å². The molecule has 5 heteroatoms. The van der Waals surface area contributed by atoms with Gasteiger partial charge >= 0.3 is 0 Å². The predicted molar refractivity (Wildman–Crippen MR) is 88.5 cm³/mol. The molecule has 1 heterocycles. The van der Waals surface area contributed by atoms with Crippen LogP contribution in [0.5, 0.6) is 5.75 Å². The fourth-order valence-electron chi connectivity index (χ4n) is 2.12. The van der Waals surface area contributed by atoms with Crippen LogP contribution in [0.25, 0.3) is 0 Å². The molecule has 0 aliphatic carbocycles. The summed E-state index contributed by atoms with van der Waals surface area (Å²) in [5.74, 6) is 0.428. The van der Waals surface area contributed by atoms with E-state index >= 15 is 0 Å². The van der Waals surface area contributed by atoms with E-state index in [2.05, 4.69) is 11.4 Å². The number of benzene rings is 1. The molecule has 0 saturated heterocycles. The molecule has 0 bridgehead atoms. The molecule has 1 aromatic heterocycles. The Morgan fingerprint density at radius 2 is 2.05 bits per heavy atom. The van der Waals surface area contributed by atoms with Crippen molar-refractivity contribution in [2.45, 2.75) is 27.7 Å². The minimum atomic E-state index is -0.266. The number of thiophene rings is 1. The highest BCUT2D eigenvalue weighted by molar-refractivity contribution is 7.16. The second-order valence-corrected chi connectivity index (χ2v) is 6.43. The molecule has 0 radical (unpaired) electrons. The topological polar surface area (TPSA) is 62.1 Å². The van der Waals surface area contributed by atoms with E-state index in [1.54, 1.807) is 0 Å². The predicted octanol–water partition coefficient (Wildman–Crippen LogP) is 3.87. The molecule has 0 spiro atoms. The van der Waals surface area contributed by atoms with Crippen molar-refractivity contribution in [2.75, 3.05) is 11.9 Å². The van der Waals surface area contributed by atoms with Crippen molar-refractivity contribution in [1.82, 2.24) is 0 Å². The molecule has 2 rings (SSSR count). The van der Waals surface area contributed by atoms with Gasteiger partial charge in [-0.2, -0.15) is 5.26 Å². The molecule has 0 aliphatic rings. The van der Waals surface area contributed by atoms with Crippen LogP contribution in [0, 0.1) is 39.0 Å². The number of carbonyl (C=O) groups is 1. The number of carbonyl (C=O) groups excluding carboxylic acids is 1. The van der Waals surface area contributed by atoms with Crippen molar-refractivity contribution in [3.8, 4) is 11.8 Å². The Morgan fingerprint density at radius 3 is 2.68 bits per heavy atom. The molecule has 0 aliphatic heterocycles. The highest BCUT2D eigenvalue weighted by Gasteiger charge is 2.15. The Morgan fingerprint density at radius 1 is 1.32 bits per heavy atom. The fourth-order valence-corrected chi connectivity index (χ4v) is 3.14. The highest BCUT2D eigenvalue weighted by Crippen LogP contribution is 2.31. The van der Waals surface area contributed by atoms with E-state index in [-0.39, 0.29) is 12.5 Å². The van der Waals surface area contributed by atoms with Gasteiger partial charge < -0.3 is 10.1 Å². The number of nitriles is 1. The average Bonchev–Trinajstić information content (AvgIpc) is 2.72. The number of ether oxygens (including phenoxy) is 1. The summed E-state index contributed by atoms with van der Waals surface area (Å²) in [6.45, 7) is 7.69. The second-order valence-electron chi connectivity index (χ2n) is 5.20. The van der Waals surface area contributed by atoms with Crippen LogP contribution >= 0.6 is 11.3 Å². The Hall–Kier alpha value is -2.32. The summed E-state index contributed by atoms with van der Waals surface area (Å²) in [5.41, 5.74) is 3.59. The van der Waals surface area contributed by atoms with Crippen LogP contribution in [0.4, 0.5) is 5.00 Å². The lowest BCUT2D eigenvalue weighted by Crippen LogP contribution is -2.20. The van der Waals surface area contributed by atoms with Gasteiger partial charge in [-0.05, 0) is 44.9 Å². The van der Waals surface area contributed by atoms with Gasteiger partial charge in [0.1, 0.15) is 16.8 Å². The Labute approximate surface area is 134 Å². The molecule has 4 nitrogen and oxygen atoms in total. The van der Waals surface area contributed by atoms with Gasteiger partial charge in [0.15, 0.2) is 6.61 Å². The summed E-state index contributed by atoms with van der Waals surface area (Å²) in [4.78, 5) is 13.0. The maximum Gasteiger partial charge on any atom is 0.262 e. The number of anilines is 1. The van der Waals surface area contributed by atoms with Crippen molar-refractivity contribution in [1.29, 1.82) is 5.26 Å². The number of nitrogens with one attached hydrogen (secondary N) is 1. The maximum atomic E-state index is 12.0. The number of nitrogens with zero attached hydrogens (tertiary/aromatic N) is 1. The van der Waals surface area contributed by atoms with Gasteiger partial charge in [-0.1, -0.05) is 17.7 Å². The molecule has 0 saturated carbocycles. The lowest BCUT2D eigenvalue weighted by molar-refractivity contribution is -0.118. The van der Waals surface area contributed by atoms with Crippen LogP contribution in [0.1, 0.15) is 27.1 Å². The number of hydrogen-bond donors (Lipinski definition) is 1. The van der Waals surface area contributed by atoms with Gasteiger partial charge in [-0.25, -0.2) is 0 Å². The highest BCUT2D eigenvalue weighted by atomic mass is 32.1. The standard InChI is InChI=1S/C17H18N2O2S/c1-10-5-6-15(11(2)7-10)21-9-16(20)19-17-14(8-18)12(3)13(4)22-17/h5-7H,9H2,1-4H3,(H,19,20). The van der Waals surface area contributed by atoms with Crippen LogP contribution in [-0.2, 0) is 4.79 Å². The van der Waals surface area contributed by atoms with Gasteiger partial charge in [0.05, 0.1) is 5.56 Å². The zero-order valence-electron chi connectivity index (χ0n) is 13.1. The van der Waals surface area contributed by atoms with Crippen LogP contribution in [0.3, 0.4) is 0 Å². The molecule has 114 valence electrons. The fraction of sp³-hybridized carbons (Fsp3) is 0.294. The second kappa shape index (κ2) is 6.63. The van der Waals surface area contributed by atoms with Crippen LogP contribution in [0.15, 0.2) is 18.2 Å². The molecule has 0 fully saturated rings. The largest absolute Gasteiger partial charge is 0.483 e. The summed E-state index contributed by atoms with van der Waals surface area (Å²) in [6.07, 6.45) is 0. The third kappa shape index (κ3) is 3.46. The lowest BCUT2D eigenvalue weighted by atomic mass is 10.1. The zero-order valence-corrected chi connectivity index (χ0v) is 13.9. The van der Waals surface area contributed by atoms with E-state index in [9.17, 15) is 4.79 Å². The van der Waals surface area contributed by atoms with Gasteiger partial charge in [0, 0.05) is 4.88 Å². The summed E-state index contributed by atoms with van der Waals surface area (Å²) in [5, 5.41) is 12.5. The van der Waals surface area contributed by atoms with Crippen molar-refractivity contribution in [3.63, 3.8) is 0 Å².